The fourth-order valence-electron chi connectivity index (χ4n) is 1.86. The Labute approximate surface area is 116 Å². The molecule has 20 heavy (non-hydrogen) atoms. The van der Waals surface area contributed by atoms with Crippen molar-refractivity contribution in [3.63, 3.8) is 0 Å². The molecule has 0 fully saturated rings. The normalized spacial score (nSPS) is 10.7. The zero-order valence-electron chi connectivity index (χ0n) is 11.2. The molecule has 0 saturated carbocycles. The zero-order chi connectivity index (χ0) is 14.4. The number of carboxylic acids is 1. The van der Waals surface area contributed by atoms with Crippen LogP contribution in [0.3, 0.4) is 0 Å². The summed E-state index contributed by atoms with van der Waals surface area (Å²) in [5, 5.41) is 16.8. The topological polar surface area (TPSA) is 90.1 Å². The van der Waals surface area contributed by atoms with E-state index >= 15 is 0 Å². The van der Waals surface area contributed by atoms with Crippen LogP contribution in [0.4, 0.5) is 0 Å². The van der Waals surface area contributed by atoms with Gasteiger partial charge in [0.2, 0.25) is 0 Å². The van der Waals surface area contributed by atoms with Crippen LogP contribution in [0.25, 0.3) is 11.3 Å². The summed E-state index contributed by atoms with van der Waals surface area (Å²) in [6, 6.07) is 3.54. The van der Waals surface area contributed by atoms with E-state index in [0.29, 0.717) is 31.0 Å². The predicted molar refractivity (Wildman–Crippen MR) is 71.3 cm³/mol. The molecule has 0 aliphatic rings. The summed E-state index contributed by atoms with van der Waals surface area (Å²) >= 11 is 0. The largest absolute Gasteiger partial charge is 0.476 e. The summed E-state index contributed by atoms with van der Waals surface area (Å²) < 4.78 is 6.85. The number of hydrogen-bond acceptors (Lipinski definition) is 5. The molecular weight excluding hydrogens is 260 g/mol. The molecular formula is C13H16N4O3. The molecule has 0 spiro atoms. The van der Waals surface area contributed by atoms with Crippen molar-refractivity contribution >= 4 is 5.97 Å². The van der Waals surface area contributed by atoms with E-state index in [1.807, 2.05) is 6.92 Å². The number of pyridine rings is 1. The number of aromatic nitrogens is 4. The fourth-order valence-corrected chi connectivity index (χ4v) is 1.86. The highest BCUT2D eigenvalue weighted by molar-refractivity contribution is 5.92. The second-order valence-electron chi connectivity index (χ2n) is 4.11. The Morgan fingerprint density at radius 1 is 1.50 bits per heavy atom. The Hall–Kier alpha value is -2.28. The lowest BCUT2D eigenvalue weighted by Gasteiger charge is -2.07. The highest BCUT2D eigenvalue weighted by atomic mass is 16.5. The van der Waals surface area contributed by atoms with Crippen LogP contribution in [0, 0.1) is 0 Å². The monoisotopic (exact) mass is 276 g/mol. The van der Waals surface area contributed by atoms with Crippen LogP contribution < -0.4 is 0 Å². The Balaban J connectivity index is 2.26. The van der Waals surface area contributed by atoms with Gasteiger partial charge in [-0.2, -0.15) is 0 Å². The number of aromatic carboxylic acids is 1. The Bertz CT molecular complexity index is 568. The summed E-state index contributed by atoms with van der Waals surface area (Å²) in [5.41, 5.74) is 1.10. The van der Waals surface area contributed by atoms with Crippen LogP contribution in [-0.2, 0) is 11.3 Å². The predicted octanol–water partition coefficient (Wildman–Crippen LogP) is 1.46. The first-order chi connectivity index (χ1) is 9.74. The molecule has 0 radical (unpaired) electrons. The smallest absolute Gasteiger partial charge is 0.358 e. The number of aryl methyl sites for hydroxylation is 1. The van der Waals surface area contributed by atoms with E-state index in [4.69, 9.17) is 4.74 Å². The molecule has 0 aromatic carbocycles. The molecule has 0 unspecified atom stereocenters. The molecule has 0 aliphatic carbocycles. The van der Waals surface area contributed by atoms with Crippen LogP contribution in [0.5, 0.6) is 0 Å². The van der Waals surface area contributed by atoms with Gasteiger partial charge in [-0.05, 0) is 25.5 Å². The number of rotatable bonds is 7. The lowest BCUT2D eigenvalue weighted by Crippen LogP contribution is -2.07. The van der Waals surface area contributed by atoms with Gasteiger partial charge in [-0.25, -0.2) is 9.48 Å². The number of ether oxygens (including phenoxy) is 1. The van der Waals surface area contributed by atoms with Gasteiger partial charge >= 0.3 is 5.97 Å². The van der Waals surface area contributed by atoms with Gasteiger partial charge in [-0.15, -0.1) is 5.10 Å². The maximum Gasteiger partial charge on any atom is 0.358 e. The van der Waals surface area contributed by atoms with Crippen LogP contribution in [0.1, 0.15) is 23.8 Å². The van der Waals surface area contributed by atoms with Crippen molar-refractivity contribution in [2.45, 2.75) is 19.9 Å². The van der Waals surface area contributed by atoms with Crippen molar-refractivity contribution in [1.29, 1.82) is 0 Å². The molecule has 2 aromatic rings. The second-order valence-corrected chi connectivity index (χ2v) is 4.11. The van der Waals surface area contributed by atoms with Gasteiger partial charge in [0.25, 0.3) is 0 Å². The number of nitrogens with zero attached hydrogens (tertiary/aromatic N) is 4. The van der Waals surface area contributed by atoms with E-state index in [9.17, 15) is 9.90 Å². The maximum absolute atomic E-state index is 11.2. The number of hydrogen-bond donors (Lipinski definition) is 1. The van der Waals surface area contributed by atoms with Crippen molar-refractivity contribution in [2.75, 3.05) is 13.2 Å². The molecule has 0 saturated heterocycles. The Morgan fingerprint density at radius 2 is 2.35 bits per heavy atom. The van der Waals surface area contributed by atoms with Crippen molar-refractivity contribution in [2.24, 2.45) is 0 Å². The van der Waals surface area contributed by atoms with E-state index in [1.165, 1.54) is 0 Å². The lowest BCUT2D eigenvalue weighted by atomic mass is 10.1. The second kappa shape index (κ2) is 6.76. The Kier molecular flexibility index (Phi) is 4.78. The summed E-state index contributed by atoms with van der Waals surface area (Å²) in [5.74, 6) is -1.10. The molecule has 0 aliphatic heterocycles. The highest BCUT2D eigenvalue weighted by Crippen LogP contribution is 2.21. The summed E-state index contributed by atoms with van der Waals surface area (Å²) in [6.07, 6.45) is 3.97. The molecule has 0 bridgehead atoms. The molecule has 7 nitrogen and oxygen atoms in total. The zero-order valence-corrected chi connectivity index (χ0v) is 11.2. The molecule has 2 heterocycles. The average molecular weight is 276 g/mol. The summed E-state index contributed by atoms with van der Waals surface area (Å²) in [4.78, 5) is 15.2. The maximum atomic E-state index is 11.2. The van der Waals surface area contributed by atoms with E-state index < -0.39 is 5.97 Å². The summed E-state index contributed by atoms with van der Waals surface area (Å²) in [7, 11) is 0. The van der Waals surface area contributed by atoms with Gasteiger partial charge < -0.3 is 9.84 Å². The van der Waals surface area contributed by atoms with Gasteiger partial charge in [0, 0.05) is 37.7 Å². The average Bonchev–Trinajstić information content (AvgIpc) is 2.88. The molecule has 7 heteroatoms. The third kappa shape index (κ3) is 3.18. The van der Waals surface area contributed by atoms with Gasteiger partial charge in [0.05, 0.1) is 0 Å². The van der Waals surface area contributed by atoms with Gasteiger partial charge in [0.1, 0.15) is 5.69 Å². The van der Waals surface area contributed by atoms with E-state index in [0.717, 1.165) is 6.42 Å². The molecule has 106 valence electrons. The minimum atomic E-state index is -1.10. The Morgan fingerprint density at radius 3 is 3.00 bits per heavy atom. The first kappa shape index (κ1) is 14.1. The van der Waals surface area contributed by atoms with Crippen LogP contribution in [-0.4, -0.2) is 44.3 Å². The van der Waals surface area contributed by atoms with Crippen molar-refractivity contribution < 1.29 is 14.6 Å². The minimum absolute atomic E-state index is 0.0607. The van der Waals surface area contributed by atoms with E-state index in [2.05, 4.69) is 15.3 Å². The van der Waals surface area contributed by atoms with E-state index in [-0.39, 0.29) is 5.69 Å². The molecule has 0 amide bonds. The van der Waals surface area contributed by atoms with Crippen molar-refractivity contribution in [3.05, 3.63) is 30.2 Å². The third-order valence-corrected chi connectivity index (χ3v) is 2.74. The minimum Gasteiger partial charge on any atom is -0.476 e. The van der Waals surface area contributed by atoms with Gasteiger partial charge in [-0.1, -0.05) is 5.21 Å². The summed E-state index contributed by atoms with van der Waals surface area (Å²) in [6.45, 7) is 3.74. The van der Waals surface area contributed by atoms with Crippen LogP contribution >= 0.6 is 0 Å². The molecule has 2 aromatic heterocycles. The van der Waals surface area contributed by atoms with Gasteiger partial charge in [0.15, 0.2) is 5.69 Å². The molecule has 0 atom stereocenters. The van der Waals surface area contributed by atoms with E-state index in [1.54, 1.807) is 29.2 Å². The first-order valence-electron chi connectivity index (χ1n) is 6.39. The fraction of sp³-hybridized carbons (Fsp3) is 0.385. The quantitative estimate of drug-likeness (QED) is 0.770. The van der Waals surface area contributed by atoms with Crippen molar-refractivity contribution in [3.8, 4) is 11.3 Å². The lowest BCUT2D eigenvalue weighted by molar-refractivity contribution is 0.0691. The number of carboxylic acid groups (broad SMARTS) is 1. The number of carbonyl (C=O) groups is 1. The standard InChI is InChI=1S/C13H16N4O3/c1-2-20-8-4-7-17-12(10-5-3-6-14-9-10)11(13(18)19)15-16-17/h3,5-6,9H,2,4,7-8H2,1H3,(H,18,19). The van der Waals surface area contributed by atoms with Gasteiger partial charge in [-0.3, -0.25) is 4.98 Å². The van der Waals surface area contributed by atoms with Crippen molar-refractivity contribution in [1.82, 2.24) is 20.0 Å². The molecule has 2 rings (SSSR count). The highest BCUT2D eigenvalue weighted by Gasteiger charge is 2.20. The van der Waals surface area contributed by atoms with Crippen LogP contribution in [0.15, 0.2) is 24.5 Å². The molecule has 1 N–H and O–H groups in total. The third-order valence-electron chi connectivity index (χ3n) is 2.74. The SMILES string of the molecule is CCOCCCn1nnc(C(=O)O)c1-c1cccnc1. The first-order valence-corrected chi connectivity index (χ1v) is 6.39. The van der Waals surface area contributed by atoms with Crippen LogP contribution in [0.2, 0.25) is 0 Å².